The van der Waals surface area contributed by atoms with Crippen LogP contribution in [0.5, 0.6) is 0 Å². The number of piperidine rings is 1. The zero-order chi connectivity index (χ0) is 10.9. The Balaban J connectivity index is 1.88. The first-order chi connectivity index (χ1) is 7.13. The van der Waals surface area contributed by atoms with Gasteiger partial charge in [0.1, 0.15) is 0 Å². The number of carbonyl (C=O) groups excluding carboxylic acids is 1. The van der Waals surface area contributed by atoms with Crippen molar-refractivity contribution in [2.75, 3.05) is 19.7 Å². The molecule has 0 spiro atoms. The molecule has 2 fully saturated rings. The van der Waals surface area contributed by atoms with Crippen molar-refractivity contribution in [3.05, 3.63) is 0 Å². The lowest BCUT2D eigenvalue weighted by molar-refractivity contribution is -0.134. The van der Waals surface area contributed by atoms with Crippen LogP contribution in [0.15, 0.2) is 0 Å². The van der Waals surface area contributed by atoms with Crippen LogP contribution in [0.2, 0.25) is 0 Å². The predicted octanol–water partition coefficient (Wildman–Crippen LogP) is 0.0987. The molecule has 1 heterocycles. The van der Waals surface area contributed by atoms with E-state index >= 15 is 0 Å². The van der Waals surface area contributed by atoms with Gasteiger partial charge >= 0.3 is 0 Å². The van der Waals surface area contributed by atoms with Gasteiger partial charge in [0, 0.05) is 19.5 Å². The van der Waals surface area contributed by atoms with E-state index in [4.69, 9.17) is 5.73 Å². The van der Waals surface area contributed by atoms with Gasteiger partial charge in [-0.1, -0.05) is 0 Å². The summed E-state index contributed by atoms with van der Waals surface area (Å²) < 4.78 is 0. The van der Waals surface area contributed by atoms with Crippen LogP contribution in [0.3, 0.4) is 0 Å². The van der Waals surface area contributed by atoms with Gasteiger partial charge in [0.25, 0.3) is 0 Å². The number of amides is 1. The highest BCUT2D eigenvalue weighted by Gasteiger charge is 2.34. The summed E-state index contributed by atoms with van der Waals surface area (Å²) >= 11 is 0. The molecule has 1 saturated carbocycles. The molecule has 1 atom stereocenters. The number of rotatable bonds is 3. The molecule has 0 aromatic rings. The lowest BCUT2D eigenvalue weighted by Crippen LogP contribution is -2.57. The van der Waals surface area contributed by atoms with Crippen LogP contribution in [0.4, 0.5) is 0 Å². The Morgan fingerprint density at radius 3 is 2.87 bits per heavy atom. The smallest absolute Gasteiger partial charge is 0.222 e. The Morgan fingerprint density at radius 1 is 1.53 bits per heavy atom. The first-order valence-electron chi connectivity index (χ1n) is 5.80. The van der Waals surface area contributed by atoms with Crippen LogP contribution in [0.25, 0.3) is 0 Å². The molecule has 0 bridgehead atoms. The van der Waals surface area contributed by atoms with Gasteiger partial charge in [0.2, 0.25) is 5.91 Å². The van der Waals surface area contributed by atoms with Crippen molar-refractivity contribution in [3.8, 4) is 0 Å². The number of carbonyl (C=O) groups is 1. The number of hydrogen-bond acceptors (Lipinski definition) is 3. The maximum absolute atomic E-state index is 11.8. The van der Waals surface area contributed by atoms with E-state index in [-0.39, 0.29) is 12.5 Å². The maximum Gasteiger partial charge on any atom is 0.222 e. The number of aliphatic hydroxyl groups is 1. The fourth-order valence-corrected chi connectivity index (χ4v) is 2.20. The van der Waals surface area contributed by atoms with Crippen molar-refractivity contribution in [1.82, 2.24) is 4.90 Å². The van der Waals surface area contributed by atoms with Gasteiger partial charge in [-0.2, -0.15) is 0 Å². The van der Waals surface area contributed by atoms with E-state index in [1.807, 2.05) is 4.90 Å². The third-order valence-electron chi connectivity index (χ3n) is 3.44. The summed E-state index contributed by atoms with van der Waals surface area (Å²) in [6.07, 6.45) is 4.81. The van der Waals surface area contributed by atoms with Crippen LogP contribution >= 0.6 is 0 Å². The second kappa shape index (κ2) is 4.10. The molecule has 0 aromatic carbocycles. The average molecular weight is 212 g/mol. The van der Waals surface area contributed by atoms with Crippen LogP contribution in [-0.2, 0) is 4.79 Å². The molecule has 0 radical (unpaired) electrons. The zero-order valence-electron chi connectivity index (χ0n) is 9.11. The topological polar surface area (TPSA) is 66.6 Å². The standard InChI is InChI=1S/C11H20N2O2/c12-11(8-14)4-1-5-13(7-11)10(15)6-9-2-3-9/h9,14H,1-8,12H2. The Bertz CT molecular complexity index is 253. The minimum atomic E-state index is -0.558. The van der Waals surface area contributed by atoms with E-state index in [0.29, 0.717) is 18.9 Å². The molecule has 86 valence electrons. The second-order valence-electron chi connectivity index (χ2n) is 5.09. The Kier molecular flexibility index (Phi) is 2.98. The van der Waals surface area contributed by atoms with Gasteiger partial charge in [-0.25, -0.2) is 0 Å². The molecule has 3 N–H and O–H groups in total. The lowest BCUT2D eigenvalue weighted by atomic mass is 9.91. The quantitative estimate of drug-likeness (QED) is 0.697. The van der Waals surface area contributed by atoms with Crippen LogP contribution in [0, 0.1) is 5.92 Å². The third kappa shape index (κ3) is 2.69. The molecular weight excluding hydrogens is 192 g/mol. The molecule has 1 aliphatic heterocycles. The minimum absolute atomic E-state index is 0.0276. The van der Waals surface area contributed by atoms with Gasteiger partial charge in [0.15, 0.2) is 0 Å². The molecule has 1 amide bonds. The Hall–Kier alpha value is -0.610. The Morgan fingerprint density at radius 2 is 2.27 bits per heavy atom. The average Bonchev–Trinajstić information content (AvgIpc) is 3.02. The molecular formula is C11H20N2O2. The van der Waals surface area contributed by atoms with E-state index < -0.39 is 5.54 Å². The van der Waals surface area contributed by atoms with Crippen molar-refractivity contribution >= 4 is 5.91 Å². The van der Waals surface area contributed by atoms with Crippen molar-refractivity contribution in [2.45, 2.75) is 37.6 Å². The van der Waals surface area contributed by atoms with Gasteiger partial charge in [-0.15, -0.1) is 0 Å². The fraction of sp³-hybridized carbons (Fsp3) is 0.909. The van der Waals surface area contributed by atoms with E-state index in [0.717, 1.165) is 19.4 Å². The summed E-state index contributed by atoms with van der Waals surface area (Å²) in [7, 11) is 0. The molecule has 0 aromatic heterocycles. The molecule has 1 unspecified atom stereocenters. The van der Waals surface area contributed by atoms with Gasteiger partial charge in [-0.3, -0.25) is 4.79 Å². The Labute approximate surface area is 90.4 Å². The molecule has 4 heteroatoms. The highest BCUT2D eigenvalue weighted by molar-refractivity contribution is 5.77. The molecule has 1 aliphatic carbocycles. The number of nitrogens with two attached hydrogens (primary N) is 1. The molecule has 2 aliphatic rings. The number of aliphatic hydroxyl groups excluding tert-OH is 1. The van der Waals surface area contributed by atoms with Gasteiger partial charge in [-0.05, 0) is 31.6 Å². The monoisotopic (exact) mass is 212 g/mol. The van der Waals surface area contributed by atoms with E-state index in [1.54, 1.807) is 0 Å². The number of nitrogens with zero attached hydrogens (tertiary/aromatic N) is 1. The normalized spacial score (nSPS) is 31.7. The van der Waals surface area contributed by atoms with E-state index in [9.17, 15) is 9.90 Å². The van der Waals surface area contributed by atoms with Gasteiger partial charge in [0.05, 0.1) is 12.1 Å². The second-order valence-corrected chi connectivity index (χ2v) is 5.09. The van der Waals surface area contributed by atoms with Crippen molar-refractivity contribution in [1.29, 1.82) is 0 Å². The zero-order valence-corrected chi connectivity index (χ0v) is 9.11. The third-order valence-corrected chi connectivity index (χ3v) is 3.44. The summed E-state index contributed by atoms with van der Waals surface area (Å²) in [5.41, 5.74) is 5.43. The van der Waals surface area contributed by atoms with Crippen LogP contribution < -0.4 is 5.73 Å². The van der Waals surface area contributed by atoms with E-state index in [2.05, 4.69) is 0 Å². The predicted molar refractivity (Wildman–Crippen MR) is 57.2 cm³/mol. The number of hydrogen-bond donors (Lipinski definition) is 2. The summed E-state index contributed by atoms with van der Waals surface area (Å²) in [5, 5.41) is 9.18. The summed E-state index contributed by atoms with van der Waals surface area (Å²) in [4.78, 5) is 13.7. The summed E-state index contributed by atoms with van der Waals surface area (Å²) in [5.74, 6) is 0.848. The van der Waals surface area contributed by atoms with Crippen LogP contribution in [-0.4, -0.2) is 41.1 Å². The fourth-order valence-electron chi connectivity index (χ4n) is 2.20. The highest BCUT2D eigenvalue weighted by atomic mass is 16.3. The van der Waals surface area contributed by atoms with Crippen molar-refractivity contribution < 1.29 is 9.90 Å². The van der Waals surface area contributed by atoms with Crippen molar-refractivity contribution in [2.24, 2.45) is 11.7 Å². The maximum atomic E-state index is 11.8. The molecule has 15 heavy (non-hydrogen) atoms. The van der Waals surface area contributed by atoms with Crippen molar-refractivity contribution in [3.63, 3.8) is 0 Å². The summed E-state index contributed by atoms with van der Waals surface area (Å²) in [6, 6.07) is 0. The summed E-state index contributed by atoms with van der Waals surface area (Å²) in [6.45, 7) is 1.31. The SMILES string of the molecule is NC1(CO)CCCN(C(=O)CC2CC2)C1. The first-order valence-corrected chi connectivity index (χ1v) is 5.80. The van der Waals surface area contributed by atoms with E-state index in [1.165, 1.54) is 12.8 Å². The lowest BCUT2D eigenvalue weighted by Gasteiger charge is -2.39. The molecule has 1 saturated heterocycles. The minimum Gasteiger partial charge on any atom is -0.394 e. The molecule has 4 nitrogen and oxygen atoms in total. The number of likely N-dealkylation sites (tertiary alicyclic amines) is 1. The first kappa shape index (κ1) is 10.9. The van der Waals surface area contributed by atoms with Gasteiger partial charge < -0.3 is 15.7 Å². The van der Waals surface area contributed by atoms with Crippen LogP contribution in [0.1, 0.15) is 32.1 Å². The largest absolute Gasteiger partial charge is 0.394 e. The highest BCUT2D eigenvalue weighted by Crippen LogP contribution is 2.33. The molecule has 2 rings (SSSR count).